The van der Waals surface area contributed by atoms with E-state index in [0.717, 1.165) is 16.9 Å². The van der Waals surface area contributed by atoms with Crippen molar-refractivity contribution in [3.63, 3.8) is 0 Å². The highest BCUT2D eigenvalue weighted by molar-refractivity contribution is 5.99. The number of nitrogens with zero attached hydrogens (tertiary/aromatic N) is 2. The van der Waals surface area contributed by atoms with Gasteiger partial charge >= 0.3 is 0 Å². The number of rotatable bonds is 4. The Morgan fingerprint density at radius 2 is 2.21 bits per heavy atom. The summed E-state index contributed by atoms with van der Waals surface area (Å²) in [5.41, 5.74) is 3.14. The van der Waals surface area contributed by atoms with Gasteiger partial charge in [-0.2, -0.15) is 0 Å². The lowest BCUT2D eigenvalue weighted by Crippen LogP contribution is -2.24. The summed E-state index contributed by atoms with van der Waals surface area (Å²) in [6.45, 7) is 2.34. The Bertz CT molecular complexity index is 569. The topological polar surface area (TPSA) is 66.9 Å². The predicted octanol–water partition coefficient (Wildman–Crippen LogP) is 1.76. The number of carbonyl (C=O) groups excluding carboxylic acids is 1. The van der Waals surface area contributed by atoms with Gasteiger partial charge in [0.15, 0.2) is 0 Å². The fourth-order valence-corrected chi connectivity index (χ4v) is 1.73. The third kappa shape index (κ3) is 3.28. The second kappa shape index (κ2) is 5.95. The van der Waals surface area contributed by atoms with Gasteiger partial charge in [0.25, 0.3) is 5.91 Å². The maximum Gasteiger partial charge on any atom is 0.255 e. The highest BCUT2D eigenvalue weighted by atomic mass is 16.1. The van der Waals surface area contributed by atoms with E-state index < -0.39 is 0 Å². The van der Waals surface area contributed by atoms with Crippen LogP contribution in [0.2, 0.25) is 0 Å². The van der Waals surface area contributed by atoms with Crippen molar-refractivity contribution in [3.8, 4) is 0 Å². The second-order valence-corrected chi connectivity index (χ2v) is 4.17. The molecule has 0 saturated heterocycles. The van der Waals surface area contributed by atoms with Crippen LogP contribution >= 0.6 is 0 Å². The summed E-state index contributed by atoms with van der Waals surface area (Å²) in [6, 6.07) is 5.60. The second-order valence-electron chi connectivity index (χ2n) is 4.17. The molecule has 0 bridgehead atoms. The van der Waals surface area contributed by atoms with Crippen LogP contribution in [0.4, 0.5) is 5.69 Å². The highest BCUT2D eigenvalue weighted by Crippen LogP contribution is 2.14. The van der Waals surface area contributed by atoms with Gasteiger partial charge < -0.3 is 10.6 Å². The highest BCUT2D eigenvalue weighted by Gasteiger charge is 2.11. The summed E-state index contributed by atoms with van der Waals surface area (Å²) < 4.78 is 0. The van der Waals surface area contributed by atoms with Crippen LogP contribution in [0.25, 0.3) is 0 Å². The lowest BCUT2D eigenvalue weighted by atomic mass is 10.2. The Balaban J connectivity index is 2.08. The third-order valence-electron chi connectivity index (χ3n) is 2.73. The van der Waals surface area contributed by atoms with E-state index in [2.05, 4.69) is 20.6 Å². The number of hydrogen-bond acceptors (Lipinski definition) is 4. The number of anilines is 1. The first-order valence-electron chi connectivity index (χ1n) is 6.02. The molecule has 5 heteroatoms. The lowest BCUT2D eigenvalue weighted by molar-refractivity contribution is 0.0951. The number of amides is 1. The van der Waals surface area contributed by atoms with Crippen LogP contribution in [0.5, 0.6) is 0 Å². The fraction of sp³-hybridized carbons (Fsp3) is 0.214. The Hall–Kier alpha value is -2.43. The van der Waals surface area contributed by atoms with Gasteiger partial charge in [0.05, 0.1) is 11.3 Å². The molecule has 0 saturated carbocycles. The van der Waals surface area contributed by atoms with Gasteiger partial charge in [0, 0.05) is 37.9 Å². The number of nitrogens with one attached hydrogen (secondary N) is 2. The molecule has 1 amide bonds. The number of hydrogen-bond donors (Lipinski definition) is 2. The van der Waals surface area contributed by atoms with Crippen LogP contribution < -0.4 is 10.6 Å². The predicted molar refractivity (Wildman–Crippen MR) is 73.9 cm³/mol. The summed E-state index contributed by atoms with van der Waals surface area (Å²) >= 11 is 0. The van der Waals surface area contributed by atoms with Crippen LogP contribution in [-0.2, 0) is 6.54 Å². The zero-order chi connectivity index (χ0) is 13.7. The molecule has 5 nitrogen and oxygen atoms in total. The van der Waals surface area contributed by atoms with Crippen LogP contribution in [0, 0.1) is 6.92 Å². The van der Waals surface area contributed by atoms with E-state index in [9.17, 15) is 4.79 Å². The van der Waals surface area contributed by atoms with E-state index in [1.54, 1.807) is 25.6 Å². The van der Waals surface area contributed by atoms with Crippen molar-refractivity contribution in [3.05, 3.63) is 53.6 Å². The fourth-order valence-electron chi connectivity index (χ4n) is 1.73. The molecule has 2 rings (SSSR count). The summed E-state index contributed by atoms with van der Waals surface area (Å²) in [7, 11) is 1.78. The van der Waals surface area contributed by atoms with Gasteiger partial charge in [-0.05, 0) is 24.6 Å². The van der Waals surface area contributed by atoms with Crippen molar-refractivity contribution in [2.24, 2.45) is 0 Å². The maximum absolute atomic E-state index is 12.1. The Labute approximate surface area is 112 Å². The zero-order valence-electron chi connectivity index (χ0n) is 11.0. The van der Waals surface area contributed by atoms with Crippen LogP contribution in [0.1, 0.15) is 21.6 Å². The average molecular weight is 256 g/mol. The first-order valence-corrected chi connectivity index (χ1v) is 6.02. The summed E-state index contributed by atoms with van der Waals surface area (Å²) in [6.07, 6.45) is 5.01. The molecular weight excluding hydrogens is 240 g/mol. The van der Waals surface area contributed by atoms with Crippen LogP contribution in [-0.4, -0.2) is 22.9 Å². The smallest absolute Gasteiger partial charge is 0.255 e. The van der Waals surface area contributed by atoms with Gasteiger partial charge in [-0.15, -0.1) is 0 Å². The number of pyridine rings is 2. The standard InChI is InChI=1S/C14H16N4O/c1-10-6-13(15-2)12(9-17-10)14(19)18-8-11-4-3-5-16-7-11/h3-7,9H,8H2,1-2H3,(H,15,17)(H,18,19). The lowest BCUT2D eigenvalue weighted by Gasteiger charge is -2.10. The Morgan fingerprint density at radius 1 is 1.37 bits per heavy atom. The molecular formula is C14H16N4O. The summed E-state index contributed by atoms with van der Waals surface area (Å²) in [5, 5.41) is 5.85. The number of aromatic nitrogens is 2. The Kier molecular flexibility index (Phi) is 4.07. The van der Waals surface area contributed by atoms with Crippen molar-refractivity contribution in [1.29, 1.82) is 0 Å². The molecule has 0 atom stereocenters. The maximum atomic E-state index is 12.1. The van der Waals surface area contributed by atoms with Crippen molar-refractivity contribution < 1.29 is 4.79 Å². The van der Waals surface area contributed by atoms with Crippen molar-refractivity contribution in [1.82, 2.24) is 15.3 Å². The number of carbonyl (C=O) groups is 1. The van der Waals surface area contributed by atoms with Crippen molar-refractivity contribution >= 4 is 11.6 Å². The monoisotopic (exact) mass is 256 g/mol. The van der Waals surface area contributed by atoms with Gasteiger partial charge in [-0.3, -0.25) is 14.8 Å². The van der Waals surface area contributed by atoms with E-state index in [0.29, 0.717) is 12.1 Å². The molecule has 2 heterocycles. The largest absolute Gasteiger partial charge is 0.387 e. The summed E-state index contributed by atoms with van der Waals surface area (Å²) in [5.74, 6) is -0.152. The molecule has 2 aromatic rings. The van der Waals surface area contributed by atoms with E-state index in [1.165, 1.54) is 0 Å². The Morgan fingerprint density at radius 3 is 2.89 bits per heavy atom. The van der Waals surface area contributed by atoms with Crippen LogP contribution in [0.3, 0.4) is 0 Å². The van der Waals surface area contributed by atoms with E-state index >= 15 is 0 Å². The molecule has 19 heavy (non-hydrogen) atoms. The minimum absolute atomic E-state index is 0.152. The minimum atomic E-state index is -0.152. The molecule has 0 aromatic carbocycles. The van der Waals surface area contributed by atoms with E-state index in [1.807, 2.05) is 25.1 Å². The summed E-state index contributed by atoms with van der Waals surface area (Å²) in [4.78, 5) is 20.3. The molecule has 98 valence electrons. The van der Waals surface area contributed by atoms with Gasteiger partial charge in [-0.25, -0.2) is 0 Å². The average Bonchev–Trinajstić information content (AvgIpc) is 2.45. The van der Waals surface area contributed by atoms with Crippen molar-refractivity contribution in [2.45, 2.75) is 13.5 Å². The first kappa shape index (κ1) is 13.0. The molecule has 0 fully saturated rings. The van der Waals surface area contributed by atoms with Crippen molar-refractivity contribution in [2.75, 3.05) is 12.4 Å². The van der Waals surface area contributed by atoms with Gasteiger partial charge in [-0.1, -0.05) is 6.07 Å². The number of aryl methyl sites for hydroxylation is 1. The quantitative estimate of drug-likeness (QED) is 0.874. The molecule has 2 N–H and O–H groups in total. The molecule has 0 aliphatic rings. The SMILES string of the molecule is CNc1cc(C)ncc1C(=O)NCc1cccnc1. The van der Waals surface area contributed by atoms with Gasteiger partial charge in [0.2, 0.25) is 0 Å². The van der Waals surface area contributed by atoms with E-state index in [4.69, 9.17) is 0 Å². The first-order chi connectivity index (χ1) is 9.20. The molecule has 0 unspecified atom stereocenters. The molecule has 0 aliphatic heterocycles. The molecule has 0 aliphatic carbocycles. The third-order valence-corrected chi connectivity index (χ3v) is 2.73. The van der Waals surface area contributed by atoms with E-state index in [-0.39, 0.29) is 5.91 Å². The molecule has 2 aromatic heterocycles. The molecule has 0 spiro atoms. The molecule has 0 radical (unpaired) electrons. The van der Waals surface area contributed by atoms with Crippen LogP contribution in [0.15, 0.2) is 36.8 Å². The minimum Gasteiger partial charge on any atom is -0.387 e. The normalized spacial score (nSPS) is 10.0. The van der Waals surface area contributed by atoms with Gasteiger partial charge in [0.1, 0.15) is 0 Å². The zero-order valence-corrected chi connectivity index (χ0v) is 11.0.